The molecule has 11 heavy (non-hydrogen) atoms. The molecule has 0 amide bonds. The highest BCUT2D eigenvalue weighted by Crippen LogP contribution is 2.28. The molecule has 1 aromatic heterocycles. The van der Waals surface area contributed by atoms with Gasteiger partial charge < -0.3 is 0 Å². The Kier molecular flexibility index (Phi) is 2.55. The second kappa shape index (κ2) is 3.11. The molecule has 0 saturated heterocycles. The number of rotatable bonds is 1. The Balaban J connectivity index is 3.06. The van der Waals surface area contributed by atoms with Crippen molar-refractivity contribution >= 4 is 27.5 Å². The summed E-state index contributed by atoms with van der Waals surface area (Å²) >= 11 is 9.40. The molecule has 3 heteroatoms. The lowest BCUT2D eigenvalue weighted by Crippen LogP contribution is -2.07. The van der Waals surface area contributed by atoms with Gasteiger partial charge in [-0.15, -0.1) is 11.6 Å². The van der Waals surface area contributed by atoms with Crippen LogP contribution in [-0.4, -0.2) is 4.98 Å². The summed E-state index contributed by atoms with van der Waals surface area (Å²) in [5.74, 6) is 0. The minimum atomic E-state index is -0.337. The fraction of sp³-hybridized carbons (Fsp3) is 0.375. The number of halogens is 2. The van der Waals surface area contributed by atoms with Gasteiger partial charge in [-0.1, -0.05) is 0 Å². The lowest BCUT2D eigenvalue weighted by molar-refractivity contribution is 0.759. The topological polar surface area (TPSA) is 12.9 Å². The van der Waals surface area contributed by atoms with Crippen molar-refractivity contribution in [3.8, 4) is 0 Å². The average molecular weight is 235 g/mol. The molecule has 0 fully saturated rings. The van der Waals surface area contributed by atoms with E-state index in [0.29, 0.717) is 0 Å². The standard InChI is InChI=1S/C8H9BrClN/c1-8(2,10)6-3-7(9)5-11-4-6/h3-5H,1-2H3. The van der Waals surface area contributed by atoms with Gasteiger partial charge in [-0.3, -0.25) is 4.98 Å². The van der Waals surface area contributed by atoms with Crippen LogP contribution in [0.4, 0.5) is 0 Å². The summed E-state index contributed by atoms with van der Waals surface area (Å²) < 4.78 is 0.962. The van der Waals surface area contributed by atoms with Gasteiger partial charge in [0, 0.05) is 16.9 Å². The van der Waals surface area contributed by atoms with Gasteiger partial charge >= 0.3 is 0 Å². The van der Waals surface area contributed by atoms with Crippen LogP contribution in [0.15, 0.2) is 22.9 Å². The van der Waals surface area contributed by atoms with Gasteiger partial charge in [-0.25, -0.2) is 0 Å². The van der Waals surface area contributed by atoms with Crippen LogP contribution in [0.25, 0.3) is 0 Å². The summed E-state index contributed by atoms with van der Waals surface area (Å²) in [7, 11) is 0. The Bertz CT molecular complexity index is 255. The Morgan fingerprint density at radius 1 is 1.45 bits per heavy atom. The van der Waals surface area contributed by atoms with Crippen molar-refractivity contribution in [2.24, 2.45) is 0 Å². The van der Waals surface area contributed by atoms with Gasteiger partial charge in [0.2, 0.25) is 0 Å². The number of nitrogens with zero attached hydrogens (tertiary/aromatic N) is 1. The molecule has 1 heterocycles. The SMILES string of the molecule is CC(C)(Cl)c1cncc(Br)c1. The molecule has 0 atom stereocenters. The monoisotopic (exact) mass is 233 g/mol. The fourth-order valence-corrected chi connectivity index (χ4v) is 1.21. The molecule has 0 bridgehead atoms. The molecule has 0 radical (unpaired) electrons. The Hall–Kier alpha value is -0.0800. The summed E-state index contributed by atoms with van der Waals surface area (Å²) in [6, 6.07) is 1.97. The normalized spacial score (nSPS) is 11.6. The minimum absolute atomic E-state index is 0.337. The zero-order valence-corrected chi connectivity index (χ0v) is 8.78. The van der Waals surface area contributed by atoms with Gasteiger partial charge in [0.05, 0.1) is 4.87 Å². The predicted octanol–water partition coefficient (Wildman–Crippen LogP) is 3.32. The number of pyridine rings is 1. The molecule has 1 rings (SSSR count). The van der Waals surface area contributed by atoms with Crippen molar-refractivity contribution in [3.63, 3.8) is 0 Å². The smallest absolute Gasteiger partial charge is 0.0654 e. The molecule has 60 valence electrons. The average Bonchev–Trinajstić information content (AvgIpc) is 1.86. The molecule has 0 unspecified atom stereocenters. The molecule has 1 aromatic rings. The van der Waals surface area contributed by atoms with Crippen LogP contribution >= 0.6 is 27.5 Å². The van der Waals surface area contributed by atoms with E-state index in [1.54, 1.807) is 12.4 Å². The zero-order chi connectivity index (χ0) is 8.48. The largest absolute Gasteiger partial charge is 0.263 e. The summed E-state index contributed by atoms with van der Waals surface area (Å²) in [5.41, 5.74) is 1.02. The zero-order valence-electron chi connectivity index (χ0n) is 6.44. The maximum atomic E-state index is 6.07. The maximum absolute atomic E-state index is 6.07. The van der Waals surface area contributed by atoms with Crippen molar-refractivity contribution in [3.05, 3.63) is 28.5 Å². The molecular weight excluding hydrogens is 225 g/mol. The molecule has 0 aliphatic rings. The predicted molar refractivity (Wildman–Crippen MR) is 50.8 cm³/mol. The number of hydrogen-bond acceptors (Lipinski definition) is 1. The van der Waals surface area contributed by atoms with Crippen LogP contribution in [0.2, 0.25) is 0 Å². The van der Waals surface area contributed by atoms with E-state index in [1.165, 1.54) is 0 Å². The summed E-state index contributed by atoms with van der Waals surface area (Å²) in [6.07, 6.45) is 3.52. The van der Waals surface area contributed by atoms with Crippen LogP contribution < -0.4 is 0 Å². The maximum Gasteiger partial charge on any atom is 0.0654 e. The third-order valence-electron chi connectivity index (χ3n) is 1.39. The number of hydrogen-bond donors (Lipinski definition) is 0. The van der Waals surface area contributed by atoms with Gasteiger partial charge in [0.1, 0.15) is 0 Å². The molecule has 0 aliphatic carbocycles. The molecule has 0 spiro atoms. The van der Waals surface area contributed by atoms with Crippen molar-refractivity contribution < 1.29 is 0 Å². The molecular formula is C8H9BrClN. The highest BCUT2D eigenvalue weighted by molar-refractivity contribution is 9.10. The van der Waals surface area contributed by atoms with Crippen molar-refractivity contribution in [1.29, 1.82) is 0 Å². The fourth-order valence-electron chi connectivity index (χ4n) is 0.737. The van der Waals surface area contributed by atoms with Crippen LogP contribution in [0.3, 0.4) is 0 Å². The van der Waals surface area contributed by atoms with Gasteiger partial charge in [0.25, 0.3) is 0 Å². The highest BCUT2D eigenvalue weighted by Gasteiger charge is 2.16. The first-order valence-electron chi connectivity index (χ1n) is 3.30. The third kappa shape index (κ3) is 2.46. The van der Waals surface area contributed by atoms with E-state index in [0.717, 1.165) is 10.0 Å². The summed E-state index contributed by atoms with van der Waals surface area (Å²) in [4.78, 5) is 3.68. The first kappa shape index (κ1) is 9.01. The number of aromatic nitrogens is 1. The molecule has 0 aromatic carbocycles. The molecule has 0 saturated carbocycles. The molecule has 1 nitrogen and oxygen atoms in total. The molecule has 0 aliphatic heterocycles. The molecule has 0 N–H and O–H groups in total. The van der Waals surface area contributed by atoms with E-state index in [4.69, 9.17) is 11.6 Å². The minimum Gasteiger partial charge on any atom is -0.263 e. The Labute approximate surface area is 79.9 Å². The van der Waals surface area contributed by atoms with E-state index in [2.05, 4.69) is 20.9 Å². The second-order valence-electron chi connectivity index (χ2n) is 2.86. The number of alkyl halides is 1. The second-order valence-corrected chi connectivity index (χ2v) is 4.72. The van der Waals surface area contributed by atoms with Crippen molar-refractivity contribution in [2.45, 2.75) is 18.7 Å². The third-order valence-corrected chi connectivity index (χ3v) is 2.04. The van der Waals surface area contributed by atoms with E-state index < -0.39 is 0 Å². The van der Waals surface area contributed by atoms with E-state index >= 15 is 0 Å². The van der Waals surface area contributed by atoms with E-state index in [9.17, 15) is 0 Å². The Morgan fingerprint density at radius 2 is 2.09 bits per heavy atom. The Morgan fingerprint density at radius 3 is 2.45 bits per heavy atom. The van der Waals surface area contributed by atoms with E-state index in [-0.39, 0.29) is 4.87 Å². The van der Waals surface area contributed by atoms with Crippen LogP contribution in [-0.2, 0) is 4.87 Å². The summed E-state index contributed by atoms with van der Waals surface area (Å²) in [6.45, 7) is 3.88. The van der Waals surface area contributed by atoms with Gasteiger partial charge in [0.15, 0.2) is 0 Å². The summed E-state index contributed by atoms with van der Waals surface area (Å²) in [5, 5.41) is 0. The van der Waals surface area contributed by atoms with Gasteiger partial charge in [-0.05, 0) is 41.4 Å². The van der Waals surface area contributed by atoms with Crippen LogP contribution in [0.1, 0.15) is 19.4 Å². The van der Waals surface area contributed by atoms with E-state index in [1.807, 2.05) is 19.9 Å². The lowest BCUT2D eigenvalue weighted by atomic mass is 10.1. The van der Waals surface area contributed by atoms with Gasteiger partial charge in [-0.2, -0.15) is 0 Å². The lowest BCUT2D eigenvalue weighted by Gasteiger charge is -2.15. The highest BCUT2D eigenvalue weighted by atomic mass is 79.9. The van der Waals surface area contributed by atoms with Crippen molar-refractivity contribution in [1.82, 2.24) is 4.98 Å². The quantitative estimate of drug-likeness (QED) is 0.679. The van der Waals surface area contributed by atoms with Crippen molar-refractivity contribution in [2.75, 3.05) is 0 Å². The first-order valence-corrected chi connectivity index (χ1v) is 4.47. The van der Waals surface area contributed by atoms with Crippen LogP contribution in [0, 0.1) is 0 Å². The first-order chi connectivity index (χ1) is 5.00. The van der Waals surface area contributed by atoms with Crippen LogP contribution in [0.5, 0.6) is 0 Å².